The lowest BCUT2D eigenvalue weighted by atomic mass is 10.0. The number of carbonyl (C=O) groups is 1. The number of anilines is 1. The zero-order valence-electron chi connectivity index (χ0n) is 11.8. The maximum Gasteiger partial charge on any atom is 0.196 e. The molecule has 0 aromatic heterocycles. The first-order chi connectivity index (χ1) is 9.63. The van der Waals surface area contributed by atoms with E-state index >= 15 is 0 Å². The quantitative estimate of drug-likeness (QED) is 0.505. The molecule has 20 heavy (non-hydrogen) atoms. The molecular formula is C17H19NOS. The predicted octanol–water partition coefficient (Wildman–Crippen LogP) is 4.31. The number of hydrogen-bond donors (Lipinski definition) is 1. The Morgan fingerprint density at radius 2 is 1.90 bits per heavy atom. The minimum absolute atomic E-state index is 0.00500. The molecule has 2 rings (SSSR count). The molecule has 0 aliphatic rings. The molecule has 0 saturated heterocycles. The van der Waals surface area contributed by atoms with Crippen LogP contribution in [-0.4, -0.2) is 11.5 Å². The van der Waals surface area contributed by atoms with Crippen molar-refractivity contribution in [2.45, 2.75) is 25.2 Å². The number of para-hydroxylation sites is 1. The van der Waals surface area contributed by atoms with Gasteiger partial charge in [-0.1, -0.05) is 30.7 Å². The fourth-order valence-electron chi connectivity index (χ4n) is 2.01. The van der Waals surface area contributed by atoms with Crippen LogP contribution in [0.3, 0.4) is 0 Å². The largest absolute Gasteiger partial charge is 0.398 e. The van der Waals surface area contributed by atoms with Crippen LogP contribution in [0.4, 0.5) is 5.69 Å². The lowest BCUT2D eigenvalue weighted by molar-refractivity contribution is 0.103. The Hall–Kier alpha value is -1.74. The molecule has 0 saturated carbocycles. The minimum atomic E-state index is 0.00500. The zero-order valence-corrected chi connectivity index (χ0v) is 12.7. The molecule has 0 aliphatic heterocycles. The van der Waals surface area contributed by atoms with E-state index in [9.17, 15) is 4.79 Å². The van der Waals surface area contributed by atoms with Crippen molar-refractivity contribution < 1.29 is 4.79 Å². The van der Waals surface area contributed by atoms with Crippen molar-refractivity contribution in [1.82, 2.24) is 0 Å². The van der Waals surface area contributed by atoms with Gasteiger partial charge in [0.25, 0.3) is 0 Å². The van der Waals surface area contributed by atoms with Crippen molar-refractivity contribution >= 4 is 23.2 Å². The van der Waals surface area contributed by atoms with Crippen molar-refractivity contribution in [3.63, 3.8) is 0 Å². The van der Waals surface area contributed by atoms with E-state index in [1.807, 2.05) is 37.3 Å². The van der Waals surface area contributed by atoms with Crippen LogP contribution in [0.5, 0.6) is 0 Å². The maximum absolute atomic E-state index is 12.7. The molecule has 2 aromatic rings. The van der Waals surface area contributed by atoms with Crippen LogP contribution in [0, 0.1) is 6.92 Å². The van der Waals surface area contributed by atoms with Crippen LogP contribution < -0.4 is 5.73 Å². The summed E-state index contributed by atoms with van der Waals surface area (Å²) in [5.41, 5.74) is 8.87. The third kappa shape index (κ3) is 3.23. The van der Waals surface area contributed by atoms with Crippen molar-refractivity contribution in [1.29, 1.82) is 0 Å². The van der Waals surface area contributed by atoms with E-state index < -0.39 is 0 Å². The second kappa shape index (κ2) is 6.62. The fourth-order valence-corrected chi connectivity index (χ4v) is 2.90. The second-order valence-electron chi connectivity index (χ2n) is 4.76. The SMILES string of the molecule is CCCSc1ccc(C)cc1C(=O)c1ccccc1N. The highest BCUT2D eigenvalue weighted by Crippen LogP contribution is 2.28. The second-order valence-corrected chi connectivity index (χ2v) is 5.90. The van der Waals surface area contributed by atoms with Gasteiger partial charge in [-0.05, 0) is 43.4 Å². The highest BCUT2D eigenvalue weighted by atomic mass is 32.2. The maximum atomic E-state index is 12.7. The van der Waals surface area contributed by atoms with Crippen molar-refractivity contribution in [2.24, 2.45) is 0 Å². The van der Waals surface area contributed by atoms with E-state index in [-0.39, 0.29) is 5.78 Å². The van der Waals surface area contributed by atoms with E-state index in [1.54, 1.807) is 23.9 Å². The number of thioether (sulfide) groups is 1. The molecule has 3 heteroatoms. The van der Waals surface area contributed by atoms with Gasteiger partial charge in [-0.25, -0.2) is 0 Å². The lowest BCUT2D eigenvalue weighted by Gasteiger charge is -2.10. The van der Waals surface area contributed by atoms with Gasteiger partial charge >= 0.3 is 0 Å². The molecule has 2 nitrogen and oxygen atoms in total. The Labute approximate surface area is 124 Å². The molecule has 0 unspecified atom stereocenters. The zero-order chi connectivity index (χ0) is 14.5. The third-order valence-corrected chi connectivity index (χ3v) is 4.33. The van der Waals surface area contributed by atoms with Crippen LogP contribution in [0.15, 0.2) is 47.4 Å². The van der Waals surface area contributed by atoms with E-state index in [0.717, 1.165) is 28.2 Å². The Bertz CT molecular complexity index is 622. The molecule has 0 bridgehead atoms. The monoisotopic (exact) mass is 285 g/mol. The average molecular weight is 285 g/mol. The van der Waals surface area contributed by atoms with Crippen molar-refractivity contribution in [2.75, 3.05) is 11.5 Å². The summed E-state index contributed by atoms with van der Waals surface area (Å²) in [7, 11) is 0. The Morgan fingerprint density at radius 1 is 1.15 bits per heavy atom. The summed E-state index contributed by atoms with van der Waals surface area (Å²) >= 11 is 1.72. The van der Waals surface area contributed by atoms with E-state index in [2.05, 4.69) is 6.92 Å². The van der Waals surface area contributed by atoms with Gasteiger partial charge in [0.1, 0.15) is 0 Å². The number of ketones is 1. The lowest BCUT2D eigenvalue weighted by Crippen LogP contribution is -2.07. The molecule has 2 N–H and O–H groups in total. The number of carbonyl (C=O) groups excluding carboxylic acids is 1. The van der Waals surface area contributed by atoms with Gasteiger partial charge in [-0.3, -0.25) is 4.79 Å². The van der Waals surface area contributed by atoms with Crippen molar-refractivity contribution in [3.05, 3.63) is 59.2 Å². The van der Waals surface area contributed by atoms with Crippen LogP contribution in [0.2, 0.25) is 0 Å². The molecule has 0 atom stereocenters. The summed E-state index contributed by atoms with van der Waals surface area (Å²) in [4.78, 5) is 13.7. The molecule has 0 aliphatic carbocycles. The van der Waals surface area contributed by atoms with Crippen LogP contribution in [-0.2, 0) is 0 Å². The highest BCUT2D eigenvalue weighted by molar-refractivity contribution is 7.99. The molecule has 104 valence electrons. The van der Waals surface area contributed by atoms with Gasteiger partial charge in [0.05, 0.1) is 0 Å². The summed E-state index contributed by atoms with van der Waals surface area (Å²) in [6, 6.07) is 13.3. The van der Waals surface area contributed by atoms with Gasteiger partial charge in [-0.15, -0.1) is 11.8 Å². The smallest absolute Gasteiger partial charge is 0.196 e. The summed E-state index contributed by atoms with van der Waals surface area (Å²) in [5, 5.41) is 0. The molecule has 0 heterocycles. The number of rotatable bonds is 5. The third-order valence-electron chi connectivity index (χ3n) is 3.05. The summed E-state index contributed by atoms with van der Waals surface area (Å²) < 4.78 is 0. The minimum Gasteiger partial charge on any atom is -0.398 e. The number of nitrogen functional groups attached to an aromatic ring is 1. The van der Waals surface area contributed by atoms with Gasteiger partial charge in [0.2, 0.25) is 0 Å². The van der Waals surface area contributed by atoms with Gasteiger partial charge < -0.3 is 5.73 Å². The normalized spacial score (nSPS) is 10.5. The van der Waals surface area contributed by atoms with Crippen LogP contribution in [0.25, 0.3) is 0 Å². The Kier molecular flexibility index (Phi) is 4.85. The van der Waals surface area contributed by atoms with Gasteiger partial charge in [-0.2, -0.15) is 0 Å². The van der Waals surface area contributed by atoms with Gasteiger partial charge in [0.15, 0.2) is 5.78 Å². The Morgan fingerprint density at radius 3 is 2.60 bits per heavy atom. The van der Waals surface area contributed by atoms with E-state index in [0.29, 0.717) is 11.3 Å². The first-order valence-corrected chi connectivity index (χ1v) is 7.74. The molecule has 0 radical (unpaired) electrons. The molecule has 0 amide bonds. The van der Waals surface area contributed by atoms with E-state index in [1.165, 1.54) is 0 Å². The Balaban J connectivity index is 2.43. The number of nitrogens with two attached hydrogens (primary N) is 1. The molecule has 0 fully saturated rings. The first kappa shape index (κ1) is 14.7. The highest BCUT2D eigenvalue weighted by Gasteiger charge is 2.16. The average Bonchev–Trinajstić information content (AvgIpc) is 2.46. The number of benzene rings is 2. The van der Waals surface area contributed by atoms with E-state index in [4.69, 9.17) is 5.73 Å². The topological polar surface area (TPSA) is 43.1 Å². The summed E-state index contributed by atoms with van der Waals surface area (Å²) in [6.07, 6.45) is 1.08. The summed E-state index contributed by atoms with van der Waals surface area (Å²) in [5.74, 6) is 1.01. The molecular weight excluding hydrogens is 266 g/mol. The molecule has 2 aromatic carbocycles. The predicted molar refractivity (Wildman–Crippen MR) is 86.5 cm³/mol. The molecule has 0 spiro atoms. The standard InChI is InChI=1S/C17H19NOS/c1-3-10-20-16-9-8-12(2)11-14(16)17(19)13-6-4-5-7-15(13)18/h4-9,11H,3,10,18H2,1-2H3. The van der Waals surface area contributed by atoms with Crippen LogP contribution in [0.1, 0.15) is 34.8 Å². The fraction of sp³-hybridized carbons (Fsp3) is 0.235. The summed E-state index contributed by atoms with van der Waals surface area (Å²) in [6.45, 7) is 4.14. The number of aryl methyl sites for hydroxylation is 1. The van der Waals surface area contributed by atoms with Gasteiger partial charge in [0, 0.05) is 21.7 Å². The van der Waals surface area contributed by atoms with Crippen LogP contribution >= 0.6 is 11.8 Å². The first-order valence-electron chi connectivity index (χ1n) is 6.76. The van der Waals surface area contributed by atoms with Crippen molar-refractivity contribution in [3.8, 4) is 0 Å². The number of hydrogen-bond acceptors (Lipinski definition) is 3.